The molecule has 1 heterocycles. The van der Waals surface area contributed by atoms with Gasteiger partial charge in [-0.2, -0.15) is 4.98 Å². The topological polar surface area (TPSA) is 73.1 Å². The second kappa shape index (κ2) is 5.26. The van der Waals surface area contributed by atoms with E-state index in [2.05, 4.69) is 10.1 Å². The van der Waals surface area contributed by atoms with Crippen LogP contribution in [0.2, 0.25) is 0 Å². The zero-order valence-electron chi connectivity index (χ0n) is 13.0. The van der Waals surface area contributed by atoms with Gasteiger partial charge in [0, 0.05) is 5.41 Å². The van der Waals surface area contributed by atoms with Crippen molar-refractivity contribution in [3.05, 3.63) is 41.0 Å². The lowest BCUT2D eigenvalue weighted by Gasteiger charge is -2.10. The molecule has 2 aromatic rings. The predicted octanol–water partition coefficient (Wildman–Crippen LogP) is 2.96. The minimum absolute atomic E-state index is 0.123. The first kappa shape index (κ1) is 15.7. The quantitative estimate of drug-likeness (QED) is 0.871. The first-order chi connectivity index (χ1) is 9.59. The van der Waals surface area contributed by atoms with Gasteiger partial charge in [-0.15, -0.1) is 0 Å². The molecule has 5 nitrogen and oxygen atoms in total. The van der Waals surface area contributed by atoms with Crippen LogP contribution in [0.3, 0.4) is 0 Å². The van der Waals surface area contributed by atoms with E-state index in [9.17, 15) is 8.42 Å². The molecular formula is C15H20N2O3S. The molecule has 0 unspecified atom stereocenters. The molecule has 0 aliphatic heterocycles. The van der Waals surface area contributed by atoms with Crippen LogP contribution < -0.4 is 0 Å². The highest BCUT2D eigenvalue weighted by molar-refractivity contribution is 7.90. The van der Waals surface area contributed by atoms with Gasteiger partial charge in [0.25, 0.3) is 0 Å². The minimum Gasteiger partial charge on any atom is -0.338 e. The number of rotatable bonds is 3. The molecule has 0 saturated heterocycles. The number of hydrogen-bond acceptors (Lipinski definition) is 5. The average Bonchev–Trinajstić information content (AvgIpc) is 2.80. The highest BCUT2D eigenvalue weighted by atomic mass is 32.2. The summed E-state index contributed by atoms with van der Waals surface area (Å²) >= 11 is 0. The summed E-state index contributed by atoms with van der Waals surface area (Å²) in [4.78, 5) is 4.45. The zero-order valence-corrected chi connectivity index (χ0v) is 13.8. The van der Waals surface area contributed by atoms with Crippen molar-refractivity contribution < 1.29 is 12.9 Å². The fourth-order valence-corrected chi connectivity index (χ4v) is 3.01. The maximum atomic E-state index is 12.4. The molecule has 0 radical (unpaired) electrons. The standard InChI is InChI=1S/C15H20N2O3S/c1-10-6-7-12(8-11(10)2)21(18,19)9-13-16-14(17-20-13)15(3,4)5/h6-8H,9H2,1-5H3. The van der Waals surface area contributed by atoms with E-state index in [1.54, 1.807) is 18.2 Å². The Labute approximate surface area is 125 Å². The van der Waals surface area contributed by atoms with Crippen molar-refractivity contribution in [1.29, 1.82) is 0 Å². The van der Waals surface area contributed by atoms with E-state index in [1.165, 1.54) is 0 Å². The van der Waals surface area contributed by atoms with Gasteiger partial charge in [0.15, 0.2) is 15.7 Å². The molecule has 0 aliphatic carbocycles. The van der Waals surface area contributed by atoms with Crippen LogP contribution in [-0.4, -0.2) is 18.6 Å². The summed E-state index contributed by atoms with van der Waals surface area (Å²) in [6.45, 7) is 9.66. The van der Waals surface area contributed by atoms with Gasteiger partial charge in [-0.25, -0.2) is 8.42 Å². The van der Waals surface area contributed by atoms with Crippen molar-refractivity contribution in [2.75, 3.05) is 0 Å². The van der Waals surface area contributed by atoms with Crippen LogP contribution in [0.5, 0.6) is 0 Å². The van der Waals surface area contributed by atoms with Gasteiger partial charge >= 0.3 is 0 Å². The third-order valence-electron chi connectivity index (χ3n) is 3.29. The fraction of sp³-hybridized carbons (Fsp3) is 0.467. The Balaban J connectivity index is 2.29. The van der Waals surface area contributed by atoms with Crippen LogP contribution in [0.25, 0.3) is 0 Å². The molecule has 0 bridgehead atoms. The lowest BCUT2D eigenvalue weighted by Crippen LogP contribution is -2.13. The summed E-state index contributed by atoms with van der Waals surface area (Å²) in [5.41, 5.74) is 1.73. The number of hydrogen-bond donors (Lipinski definition) is 0. The largest absolute Gasteiger partial charge is 0.338 e. The number of aromatic nitrogens is 2. The summed E-state index contributed by atoms with van der Waals surface area (Å²) < 4.78 is 29.9. The maximum Gasteiger partial charge on any atom is 0.242 e. The summed E-state index contributed by atoms with van der Waals surface area (Å²) in [5.74, 6) is 0.351. The number of nitrogens with zero attached hydrogens (tertiary/aromatic N) is 2. The molecule has 21 heavy (non-hydrogen) atoms. The molecule has 0 fully saturated rings. The SMILES string of the molecule is Cc1ccc(S(=O)(=O)Cc2nc(C(C)(C)C)no2)cc1C. The van der Waals surface area contributed by atoms with Gasteiger partial charge < -0.3 is 4.52 Å². The van der Waals surface area contributed by atoms with Crippen molar-refractivity contribution >= 4 is 9.84 Å². The van der Waals surface area contributed by atoms with E-state index in [1.807, 2.05) is 34.6 Å². The summed E-state index contributed by atoms with van der Waals surface area (Å²) in [6.07, 6.45) is 0. The van der Waals surface area contributed by atoms with E-state index >= 15 is 0 Å². The highest BCUT2D eigenvalue weighted by Crippen LogP contribution is 2.22. The van der Waals surface area contributed by atoms with E-state index in [4.69, 9.17) is 4.52 Å². The van der Waals surface area contributed by atoms with Crippen LogP contribution in [0, 0.1) is 13.8 Å². The maximum absolute atomic E-state index is 12.4. The molecule has 0 amide bonds. The smallest absolute Gasteiger partial charge is 0.242 e. The monoisotopic (exact) mass is 308 g/mol. The Morgan fingerprint density at radius 1 is 1.14 bits per heavy atom. The van der Waals surface area contributed by atoms with Crippen LogP contribution in [0.4, 0.5) is 0 Å². The second-order valence-electron chi connectivity index (χ2n) is 6.27. The molecule has 0 N–H and O–H groups in total. The Hall–Kier alpha value is -1.69. The summed E-state index contributed by atoms with van der Waals surface area (Å²) in [6, 6.07) is 5.08. The van der Waals surface area contributed by atoms with Crippen molar-refractivity contribution in [1.82, 2.24) is 10.1 Å². The molecule has 0 atom stereocenters. The number of sulfone groups is 1. The molecule has 1 aromatic heterocycles. The van der Waals surface area contributed by atoms with Gasteiger partial charge in [0.1, 0.15) is 5.75 Å². The zero-order chi connectivity index (χ0) is 15.8. The van der Waals surface area contributed by atoms with Crippen molar-refractivity contribution in [2.24, 2.45) is 0 Å². The first-order valence-electron chi connectivity index (χ1n) is 6.73. The van der Waals surface area contributed by atoms with Crippen molar-refractivity contribution in [2.45, 2.75) is 50.7 Å². The van der Waals surface area contributed by atoms with Gasteiger partial charge in [0.05, 0.1) is 4.90 Å². The van der Waals surface area contributed by atoms with Crippen LogP contribution in [-0.2, 0) is 21.0 Å². The normalized spacial score (nSPS) is 12.6. The van der Waals surface area contributed by atoms with E-state index in [0.29, 0.717) is 5.82 Å². The van der Waals surface area contributed by atoms with Crippen LogP contribution in [0.15, 0.2) is 27.6 Å². The lowest BCUT2D eigenvalue weighted by molar-refractivity contribution is 0.371. The third-order valence-corrected chi connectivity index (χ3v) is 4.89. The molecular weight excluding hydrogens is 288 g/mol. The number of benzene rings is 1. The van der Waals surface area contributed by atoms with Gasteiger partial charge in [-0.3, -0.25) is 0 Å². The summed E-state index contributed by atoms with van der Waals surface area (Å²) in [5, 5.41) is 3.85. The molecule has 0 spiro atoms. The third kappa shape index (κ3) is 3.50. The molecule has 0 saturated carbocycles. The van der Waals surface area contributed by atoms with Gasteiger partial charge in [-0.05, 0) is 37.1 Å². The predicted molar refractivity (Wildman–Crippen MR) is 79.8 cm³/mol. The molecule has 1 aromatic carbocycles. The number of aryl methyl sites for hydroxylation is 2. The molecule has 114 valence electrons. The van der Waals surface area contributed by atoms with Crippen molar-refractivity contribution in [3.63, 3.8) is 0 Å². The Bertz CT molecular complexity index is 755. The Morgan fingerprint density at radius 2 is 1.81 bits per heavy atom. The molecule has 6 heteroatoms. The average molecular weight is 308 g/mol. The van der Waals surface area contributed by atoms with Crippen LogP contribution >= 0.6 is 0 Å². The van der Waals surface area contributed by atoms with E-state index in [0.717, 1.165) is 11.1 Å². The van der Waals surface area contributed by atoms with Gasteiger partial charge in [-0.1, -0.05) is 32.0 Å². The lowest BCUT2D eigenvalue weighted by atomic mass is 9.96. The van der Waals surface area contributed by atoms with Crippen LogP contribution in [0.1, 0.15) is 43.6 Å². The minimum atomic E-state index is -3.48. The van der Waals surface area contributed by atoms with Crippen molar-refractivity contribution in [3.8, 4) is 0 Å². The molecule has 0 aliphatic rings. The fourth-order valence-electron chi connectivity index (χ4n) is 1.77. The molecule has 2 rings (SSSR count). The Morgan fingerprint density at radius 3 is 2.33 bits per heavy atom. The van der Waals surface area contributed by atoms with E-state index in [-0.39, 0.29) is 22.0 Å². The first-order valence-corrected chi connectivity index (χ1v) is 8.38. The van der Waals surface area contributed by atoms with E-state index < -0.39 is 9.84 Å². The Kier molecular flexibility index (Phi) is 3.93. The van der Waals surface area contributed by atoms with Gasteiger partial charge in [0.2, 0.25) is 5.89 Å². The second-order valence-corrected chi connectivity index (χ2v) is 8.26. The summed E-state index contributed by atoms with van der Waals surface area (Å²) in [7, 11) is -3.48. The highest BCUT2D eigenvalue weighted by Gasteiger charge is 2.24.